The molecular weight excluding hydrogens is 400 g/mol. The third-order valence-electron chi connectivity index (χ3n) is 6.19. The Morgan fingerprint density at radius 1 is 1.07 bits per heavy atom. The van der Waals surface area contributed by atoms with Crippen molar-refractivity contribution >= 4 is 23.2 Å². The smallest absolute Gasteiger partial charge is 0.254 e. The third-order valence-corrected chi connectivity index (χ3v) is 7.14. The van der Waals surface area contributed by atoms with E-state index in [2.05, 4.69) is 0 Å². The van der Waals surface area contributed by atoms with Crippen molar-refractivity contribution in [1.82, 2.24) is 9.80 Å². The molecule has 0 N–H and O–H groups in total. The van der Waals surface area contributed by atoms with Crippen LogP contribution in [0.4, 0.5) is 0 Å². The second kappa shape index (κ2) is 8.68. The number of carbonyl (C=O) groups excluding carboxylic acids is 2. The number of amides is 2. The molecule has 2 aliphatic rings. The topological polar surface area (TPSA) is 59.1 Å². The van der Waals surface area contributed by atoms with Crippen molar-refractivity contribution < 1.29 is 19.1 Å². The van der Waals surface area contributed by atoms with E-state index < -0.39 is 5.92 Å². The Bertz CT molecular complexity index is 920. The van der Waals surface area contributed by atoms with Crippen LogP contribution in [0.15, 0.2) is 29.6 Å². The summed E-state index contributed by atoms with van der Waals surface area (Å²) in [6.07, 6.45) is 4.36. The molecule has 0 saturated carbocycles. The van der Waals surface area contributed by atoms with E-state index in [-0.39, 0.29) is 17.9 Å². The van der Waals surface area contributed by atoms with Crippen LogP contribution in [0, 0.1) is 0 Å². The van der Waals surface area contributed by atoms with Gasteiger partial charge in [-0.25, -0.2) is 0 Å². The van der Waals surface area contributed by atoms with Gasteiger partial charge in [-0.2, -0.15) is 0 Å². The first-order chi connectivity index (χ1) is 14.6. The number of nitrogens with zero attached hydrogens (tertiary/aromatic N) is 2. The first kappa shape index (κ1) is 20.7. The lowest BCUT2D eigenvalue weighted by Gasteiger charge is -2.41. The lowest BCUT2D eigenvalue weighted by Crippen LogP contribution is -2.47. The summed E-state index contributed by atoms with van der Waals surface area (Å²) in [7, 11) is 4.91. The van der Waals surface area contributed by atoms with E-state index in [9.17, 15) is 9.59 Å². The Morgan fingerprint density at radius 3 is 2.33 bits per heavy atom. The van der Waals surface area contributed by atoms with Crippen LogP contribution >= 0.6 is 11.3 Å². The van der Waals surface area contributed by atoms with Crippen LogP contribution in [-0.2, 0) is 4.79 Å². The Balaban J connectivity index is 1.87. The van der Waals surface area contributed by atoms with Crippen molar-refractivity contribution in [3.63, 3.8) is 0 Å². The molecule has 1 aromatic carbocycles. The first-order valence-electron chi connectivity index (χ1n) is 10.4. The van der Waals surface area contributed by atoms with Crippen LogP contribution in [-0.4, -0.2) is 56.0 Å². The fraction of sp³-hybridized carbons (Fsp3) is 0.478. The summed E-state index contributed by atoms with van der Waals surface area (Å²) in [6, 6.07) is 7.17. The molecule has 7 heteroatoms. The zero-order valence-corrected chi connectivity index (χ0v) is 18.5. The van der Waals surface area contributed by atoms with E-state index in [1.807, 2.05) is 28.5 Å². The Kier molecular flexibility index (Phi) is 5.99. The lowest BCUT2D eigenvalue weighted by molar-refractivity contribution is -0.134. The van der Waals surface area contributed by atoms with Gasteiger partial charge in [-0.1, -0.05) is 18.9 Å². The number of benzene rings is 1. The second-order valence-electron chi connectivity index (χ2n) is 7.89. The Labute approximate surface area is 181 Å². The maximum atomic E-state index is 13.9. The number of hydrogen-bond acceptors (Lipinski definition) is 5. The van der Waals surface area contributed by atoms with E-state index in [0.29, 0.717) is 17.1 Å². The predicted molar refractivity (Wildman–Crippen MR) is 116 cm³/mol. The molecule has 0 aliphatic carbocycles. The van der Waals surface area contributed by atoms with Crippen molar-refractivity contribution in [2.24, 2.45) is 0 Å². The number of ether oxygens (including phenoxy) is 2. The SMILES string of the molecule is COc1cc2c(cc1OC)[C@@H](C(=O)N1CCCCCC1)[C@H](c1cccs1)N(C)C2=O. The molecule has 0 radical (unpaired) electrons. The number of thiophene rings is 1. The van der Waals surface area contributed by atoms with Crippen LogP contribution in [0.5, 0.6) is 11.5 Å². The van der Waals surface area contributed by atoms with Crippen LogP contribution < -0.4 is 9.47 Å². The Hall–Kier alpha value is -2.54. The summed E-state index contributed by atoms with van der Waals surface area (Å²) in [5, 5.41) is 1.99. The summed E-state index contributed by atoms with van der Waals surface area (Å²) < 4.78 is 10.9. The molecule has 0 spiro atoms. The summed E-state index contributed by atoms with van der Waals surface area (Å²) in [6.45, 7) is 1.54. The summed E-state index contributed by atoms with van der Waals surface area (Å²) in [4.78, 5) is 31.9. The lowest BCUT2D eigenvalue weighted by atomic mass is 9.81. The summed E-state index contributed by atoms with van der Waals surface area (Å²) in [5.41, 5.74) is 1.24. The van der Waals surface area contributed by atoms with E-state index in [1.54, 1.807) is 43.6 Å². The first-order valence-corrected chi connectivity index (χ1v) is 11.3. The van der Waals surface area contributed by atoms with E-state index >= 15 is 0 Å². The van der Waals surface area contributed by atoms with Crippen LogP contribution in [0.1, 0.15) is 58.4 Å². The molecule has 1 saturated heterocycles. The van der Waals surface area contributed by atoms with Gasteiger partial charge < -0.3 is 19.3 Å². The normalized spacial score (nSPS) is 21.8. The van der Waals surface area contributed by atoms with Gasteiger partial charge in [0.1, 0.15) is 0 Å². The predicted octanol–water partition coefficient (Wildman–Crippen LogP) is 4.08. The number of rotatable bonds is 4. The molecular formula is C23H28N2O4S. The number of likely N-dealkylation sites (N-methyl/N-ethyl adjacent to an activating group) is 1. The van der Waals surface area contributed by atoms with Gasteiger partial charge in [-0.15, -0.1) is 11.3 Å². The van der Waals surface area contributed by atoms with Gasteiger partial charge in [-0.3, -0.25) is 9.59 Å². The molecule has 0 bridgehead atoms. The molecule has 6 nitrogen and oxygen atoms in total. The highest BCUT2D eigenvalue weighted by Crippen LogP contribution is 2.47. The van der Waals surface area contributed by atoms with Gasteiger partial charge in [0.2, 0.25) is 5.91 Å². The number of likely N-dealkylation sites (tertiary alicyclic amines) is 1. The quantitative estimate of drug-likeness (QED) is 0.736. The highest BCUT2D eigenvalue weighted by atomic mass is 32.1. The van der Waals surface area contributed by atoms with Crippen LogP contribution in [0.3, 0.4) is 0 Å². The van der Waals surface area contributed by atoms with E-state index in [4.69, 9.17) is 9.47 Å². The minimum absolute atomic E-state index is 0.0862. The van der Waals surface area contributed by atoms with Crippen LogP contribution in [0.2, 0.25) is 0 Å². The molecule has 1 aromatic heterocycles. The maximum absolute atomic E-state index is 13.9. The third kappa shape index (κ3) is 3.55. The van der Waals surface area contributed by atoms with Gasteiger partial charge in [0.05, 0.1) is 26.2 Å². The highest BCUT2D eigenvalue weighted by molar-refractivity contribution is 7.10. The van der Waals surface area contributed by atoms with Crippen LogP contribution in [0.25, 0.3) is 0 Å². The molecule has 2 amide bonds. The number of fused-ring (bicyclic) bond motifs is 1. The summed E-state index contributed by atoms with van der Waals surface area (Å²) >= 11 is 1.58. The molecule has 2 aromatic rings. The number of carbonyl (C=O) groups is 2. The van der Waals surface area contributed by atoms with Gasteiger partial charge in [0.15, 0.2) is 11.5 Å². The van der Waals surface area contributed by atoms with Gasteiger partial charge >= 0.3 is 0 Å². The zero-order valence-electron chi connectivity index (χ0n) is 17.7. The molecule has 3 heterocycles. The number of hydrogen-bond donors (Lipinski definition) is 0. The van der Waals surface area contributed by atoms with Crippen molar-refractivity contribution in [3.05, 3.63) is 45.6 Å². The fourth-order valence-electron chi connectivity index (χ4n) is 4.62. The molecule has 2 atom stereocenters. The van der Waals surface area contributed by atoms with E-state index in [0.717, 1.165) is 49.2 Å². The monoisotopic (exact) mass is 428 g/mol. The van der Waals surface area contributed by atoms with E-state index in [1.165, 1.54) is 0 Å². The molecule has 4 rings (SSSR count). The largest absolute Gasteiger partial charge is 0.493 e. The zero-order chi connectivity index (χ0) is 21.3. The minimum Gasteiger partial charge on any atom is -0.493 e. The molecule has 30 heavy (non-hydrogen) atoms. The maximum Gasteiger partial charge on any atom is 0.254 e. The molecule has 2 aliphatic heterocycles. The van der Waals surface area contributed by atoms with Crippen molar-refractivity contribution in [2.75, 3.05) is 34.4 Å². The average molecular weight is 429 g/mol. The molecule has 1 fully saturated rings. The van der Waals surface area contributed by atoms with Gasteiger partial charge in [0, 0.05) is 30.6 Å². The van der Waals surface area contributed by atoms with Gasteiger partial charge in [-0.05, 0) is 42.0 Å². The van der Waals surface area contributed by atoms with Crippen molar-refractivity contribution in [2.45, 2.75) is 37.6 Å². The minimum atomic E-state index is -0.473. The van der Waals surface area contributed by atoms with Gasteiger partial charge in [0.25, 0.3) is 5.91 Å². The molecule has 0 unspecified atom stereocenters. The van der Waals surface area contributed by atoms with Crippen molar-refractivity contribution in [1.29, 1.82) is 0 Å². The standard InChI is InChI=1S/C23H28N2O4S/c1-24-21(19-9-8-12-30-19)20(23(27)25-10-6-4-5-7-11-25)15-13-17(28-2)18(29-3)14-16(15)22(24)26/h8-9,12-14,20-21H,4-7,10-11H2,1-3H3/t20-,21+/m1/s1. The Morgan fingerprint density at radius 2 is 1.73 bits per heavy atom. The molecule has 160 valence electrons. The highest BCUT2D eigenvalue weighted by Gasteiger charge is 2.45. The fourth-order valence-corrected chi connectivity index (χ4v) is 5.52. The summed E-state index contributed by atoms with van der Waals surface area (Å²) in [5.74, 6) is 0.535. The second-order valence-corrected chi connectivity index (χ2v) is 8.87. The average Bonchev–Trinajstić information content (AvgIpc) is 3.15. The number of methoxy groups -OCH3 is 2. The van der Waals surface area contributed by atoms with Crippen molar-refractivity contribution in [3.8, 4) is 11.5 Å².